The SMILES string of the molecule is CC(C)(C)CCCCNC(=O)Cn1cc(C(=O)O)nn1. The number of hydrogen-bond donors (Lipinski definition) is 2. The summed E-state index contributed by atoms with van der Waals surface area (Å²) >= 11 is 0. The maximum absolute atomic E-state index is 11.6. The fourth-order valence-corrected chi connectivity index (χ4v) is 1.68. The summed E-state index contributed by atoms with van der Waals surface area (Å²) < 4.78 is 1.22. The smallest absolute Gasteiger partial charge is 0.358 e. The monoisotopic (exact) mass is 282 g/mol. The largest absolute Gasteiger partial charge is 0.476 e. The van der Waals surface area contributed by atoms with Crippen molar-refractivity contribution in [1.29, 1.82) is 0 Å². The van der Waals surface area contributed by atoms with Crippen LogP contribution in [0.4, 0.5) is 0 Å². The Bertz CT molecular complexity index is 462. The first-order valence-corrected chi connectivity index (χ1v) is 6.68. The van der Waals surface area contributed by atoms with Gasteiger partial charge in [-0.1, -0.05) is 32.4 Å². The molecule has 0 unspecified atom stereocenters. The molecule has 1 rings (SSSR count). The Morgan fingerprint density at radius 2 is 2.05 bits per heavy atom. The van der Waals surface area contributed by atoms with E-state index in [0.29, 0.717) is 12.0 Å². The Morgan fingerprint density at radius 1 is 1.35 bits per heavy atom. The van der Waals surface area contributed by atoms with Gasteiger partial charge in [0.15, 0.2) is 5.69 Å². The molecule has 0 bridgehead atoms. The lowest BCUT2D eigenvalue weighted by molar-refractivity contribution is -0.121. The first-order valence-electron chi connectivity index (χ1n) is 6.68. The van der Waals surface area contributed by atoms with Crippen LogP contribution in [0.5, 0.6) is 0 Å². The Morgan fingerprint density at radius 3 is 2.60 bits per heavy atom. The molecule has 1 aromatic rings. The van der Waals surface area contributed by atoms with Gasteiger partial charge >= 0.3 is 5.97 Å². The number of carbonyl (C=O) groups is 2. The molecule has 2 N–H and O–H groups in total. The van der Waals surface area contributed by atoms with Gasteiger partial charge in [-0.25, -0.2) is 9.48 Å². The summed E-state index contributed by atoms with van der Waals surface area (Å²) in [6.45, 7) is 7.18. The molecule has 0 atom stereocenters. The minimum absolute atomic E-state index is 0.0143. The molecular weight excluding hydrogens is 260 g/mol. The van der Waals surface area contributed by atoms with Crippen LogP contribution in [0.3, 0.4) is 0 Å². The molecule has 20 heavy (non-hydrogen) atoms. The molecule has 7 nitrogen and oxygen atoms in total. The molecule has 0 saturated carbocycles. The number of carbonyl (C=O) groups excluding carboxylic acids is 1. The molecule has 0 spiro atoms. The minimum Gasteiger partial charge on any atom is -0.476 e. The molecule has 0 fully saturated rings. The molecule has 1 amide bonds. The molecular formula is C13H22N4O3. The van der Waals surface area contributed by atoms with E-state index < -0.39 is 5.97 Å². The van der Waals surface area contributed by atoms with E-state index in [2.05, 4.69) is 36.4 Å². The average molecular weight is 282 g/mol. The van der Waals surface area contributed by atoms with Gasteiger partial charge < -0.3 is 10.4 Å². The van der Waals surface area contributed by atoms with E-state index in [1.54, 1.807) is 0 Å². The van der Waals surface area contributed by atoms with Crippen LogP contribution in [0.25, 0.3) is 0 Å². The van der Waals surface area contributed by atoms with Crippen LogP contribution in [-0.4, -0.2) is 38.5 Å². The maximum atomic E-state index is 11.6. The van der Waals surface area contributed by atoms with Crippen molar-refractivity contribution >= 4 is 11.9 Å². The number of unbranched alkanes of at least 4 members (excludes halogenated alkanes) is 1. The Balaban J connectivity index is 2.21. The van der Waals surface area contributed by atoms with Gasteiger partial charge in [0.25, 0.3) is 0 Å². The van der Waals surface area contributed by atoms with Gasteiger partial charge in [0, 0.05) is 6.54 Å². The van der Waals surface area contributed by atoms with Crippen molar-refractivity contribution in [2.24, 2.45) is 5.41 Å². The third kappa shape index (κ3) is 6.31. The van der Waals surface area contributed by atoms with Crippen molar-refractivity contribution in [2.75, 3.05) is 6.54 Å². The van der Waals surface area contributed by atoms with Gasteiger partial charge in [0.05, 0.1) is 6.20 Å². The Hall–Kier alpha value is -1.92. The van der Waals surface area contributed by atoms with Gasteiger partial charge in [0.2, 0.25) is 5.91 Å². The Labute approximate surface area is 118 Å². The fourth-order valence-electron chi connectivity index (χ4n) is 1.68. The van der Waals surface area contributed by atoms with Gasteiger partial charge in [-0.2, -0.15) is 0 Å². The third-order valence-corrected chi connectivity index (χ3v) is 2.74. The van der Waals surface area contributed by atoms with Crippen molar-refractivity contribution in [3.8, 4) is 0 Å². The molecule has 0 aliphatic rings. The summed E-state index contributed by atoms with van der Waals surface area (Å²) in [4.78, 5) is 22.2. The lowest BCUT2D eigenvalue weighted by Crippen LogP contribution is -2.28. The molecule has 1 aromatic heterocycles. The van der Waals surface area contributed by atoms with Crippen molar-refractivity contribution < 1.29 is 14.7 Å². The highest BCUT2D eigenvalue weighted by Crippen LogP contribution is 2.21. The van der Waals surface area contributed by atoms with Gasteiger partial charge in [-0.3, -0.25) is 4.79 Å². The standard InChI is InChI=1S/C13H22N4O3/c1-13(2,3)6-4-5-7-14-11(18)9-17-8-10(12(19)20)15-16-17/h8H,4-7,9H2,1-3H3,(H,14,18)(H,19,20). The minimum atomic E-state index is -1.15. The van der Waals surface area contributed by atoms with E-state index >= 15 is 0 Å². The van der Waals surface area contributed by atoms with E-state index in [1.165, 1.54) is 10.9 Å². The second-order valence-corrected chi connectivity index (χ2v) is 5.97. The van der Waals surface area contributed by atoms with E-state index in [1.807, 2.05) is 0 Å². The fraction of sp³-hybridized carbons (Fsp3) is 0.692. The lowest BCUT2D eigenvalue weighted by atomic mass is 9.90. The van der Waals surface area contributed by atoms with Crippen LogP contribution in [-0.2, 0) is 11.3 Å². The highest BCUT2D eigenvalue weighted by Gasteiger charge is 2.11. The van der Waals surface area contributed by atoms with Gasteiger partial charge in [0.1, 0.15) is 6.54 Å². The normalized spacial score (nSPS) is 11.3. The van der Waals surface area contributed by atoms with Crippen LogP contribution < -0.4 is 5.32 Å². The zero-order valence-corrected chi connectivity index (χ0v) is 12.2. The molecule has 0 saturated heterocycles. The highest BCUT2D eigenvalue weighted by molar-refractivity contribution is 5.84. The summed E-state index contributed by atoms with van der Waals surface area (Å²) in [5, 5.41) is 18.5. The molecule has 7 heteroatoms. The predicted molar refractivity (Wildman–Crippen MR) is 73.3 cm³/mol. The first-order chi connectivity index (χ1) is 9.28. The first kappa shape index (κ1) is 16.1. The Kier molecular flexibility index (Phi) is 5.66. The molecule has 0 radical (unpaired) electrons. The number of carboxylic acid groups (broad SMARTS) is 1. The van der Waals surface area contributed by atoms with Crippen LogP contribution in [0.2, 0.25) is 0 Å². The number of carboxylic acids is 1. The number of aromatic nitrogens is 3. The summed E-state index contributed by atoms with van der Waals surface area (Å²) in [7, 11) is 0. The van der Waals surface area contributed by atoms with Crippen molar-refractivity contribution in [3.05, 3.63) is 11.9 Å². The third-order valence-electron chi connectivity index (χ3n) is 2.74. The molecule has 0 aromatic carbocycles. The summed E-state index contributed by atoms with van der Waals surface area (Å²) in [6, 6.07) is 0. The quantitative estimate of drug-likeness (QED) is 0.735. The molecule has 1 heterocycles. The van der Waals surface area contributed by atoms with Crippen LogP contribution in [0.15, 0.2) is 6.20 Å². The predicted octanol–water partition coefficient (Wildman–Crippen LogP) is 1.31. The molecule has 0 aliphatic carbocycles. The second kappa shape index (κ2) is 7.02. The number of aromatic carboxylic acids is 1. The van der Waals surface area contributed by atoms with Crippen LogP contribution >= 0.6 is 0 Å². The number of amides is 1. The summed E-state index contributed by atoms with van der Waals surface area (Å²) in [6.07, 6.45) is 4.35. The molecule has 0 aliphatic heterocycles. The zero-order chi connectivity index (χ0) is 15.2. The number of hydrogen-bond acceptors (Lipinski definition) is 4. The topological polar surface area (TPSA) is 97.1 Å². The van der Waals surface area contributed by atoms with E-state index in [4.69, 9.17) is 5.11 Å². The number of rotatable bonds is 7. The molecule has 112 valence electrons. The van der Waals surface area contributed by atoms with Crippen molar-refractivity contribution in [2.45, 2.75) is 46.6 Å². The second-order valence-electron chi connectivity index (χ2n) is 5.97. The van der Waals surface area contributed by atoms with Crippen molar-refractivity contribution in [1.82, 2.24) is 20.3 Å². The zero-order valence-electron chi connectivity index (χ0n) is 12.2. The summed E-state index contributed by atoms with van der Waals surface area (Å²) in [5.74, 6) is -1.35. The summed E-state index contributed by atoms with van der Waals surface area (Å²) in [5.41, 5.74) is 0.154. The lowest BCUT2D eigenvalue weighted by Gasteiger charge is -2.17. The van der Waals surface area contributed by atoms with E-state index in [9.17, 15) is 9.59 Å². The van der Waals surface area contributed by atoms with Gasteiger partial charge in [-0.15, -0.1) is 5.10 Å². The highest BCUT2D eigenvalue weighted by atomic mass is 16.4. The van der Waals surface area contributed by atoms with Gasteiger partial charge in [-0.05, 0) is 18.3 Å². The average Bonchev–Trinajstić information content (AvgIpc) is 2.75. The van der Waals surface area contributed by atoms with E-state index in [-0.39, 0.29) is 18.1 Å². The van der Waals surface area contributed by atoms with E-state index in [0.717, 1.165) is 19.3 Å². The van der Waals surface area contributed by atoms with Crippen LogP contribution in [0.1, 0.15) is 50.5 Å². The number of nitrogens with one attached hydrogen (secondary N) is 1. The van der Waals surface area contributed by atoms with Crippen molar-refractivity contribution in [3.63, 3.8) is 0 Å². The maximum Gasteiger partial charge on any atom is 0.358 e. The van der Waals surface area contributed by atoms with Crippen LogP contribution in [0, 0.1) is 5.41 Å². The number of nitrogens with zero attached hydrogens (tertiary/aromatic N) is 3.